The number of hydrogen-bond acceptors (Lipinski definition) is 5. The molecular weight excluding hydrogens is 380 g/mol. The summed E-state index contributed by atoms with van der Waals surface area (Å²) in [6.07, 6.45) is 0.0730. The number of hydrogen-bond donors (Lipinski definition) is 1. The van der Waals surface area contributed by atoms with Gasteiger partial charge in [0, 0.05) is 22.3 Å². The van der Waals surface area contributed by atoms with Gasteiger partial charge >= 0.3 is 0 Å². The molecule has 0 aliphatic heterocycles. The van der Waals surface area contributed by atoms with Crippen LogP contribution < -0.4 is 14.8 Å². The van der Waals surface area contributed by atoms with Crippen LogP contribution in [0.3, 0.4) is 0 Å². The molecule has 0 spiro atoms. The Morgan fingerprint density at radius 3 is 2.50 bits per heavy atom. The van der Waals surface area contributed by atoms with Crippen LogP contribution in [0, 0.1) is 10.1 Å². The Balaban J connectivity index is 2.15. The van der Waals surface area contributed by atoms with Crippen LogP contribution in [0.15, 0.2) is 40.9 Å². The van der Waals surface area contributed by atoms with Gasteiger partial charge in [-0.25, -0.2) is 0 Å². The number of carbonyl (C=O) groups excluding carboxylic acids is 1. The molecule has 7 nitrogen and oxygen atoms in total. The first-order valence-electron chi connectivity index (χ1n) is 6.89. The van der Waals surface area contributed by atoms with Crippen molar-refractivity contribution < 1.29 is 19.2 Å². The minimum absolute atomic E-state index is 0.0730. The smallest absolute Gasteiger partial charge is 0.271 e. The maximum absolute atomic E-state index is 12.2. The third-order valence-electron chi connectivity index (χ3n) is 3.24. The molecule has 0 unspecified atom stereocenters. The van der Waals surface area contributed by atoms with Crippen LogP contribution in [0.4, 0.5) is 11.4 Å². The second-order valence-electron chi connectivity index (χ2n) is 4.83. The normalized spacial score (nSPS) is 10.1. The van der Waals surface area contributed by atoms with Crippen LogP contribution in [-0.4, -0.2) is 25.1 Å². The average molecular weight is 395 g/mol. The summed E-state index contributed by atoms with van der Waals surface area (Å²) in [7, 11) is 3.04. The van der Waals surface area contributed by atoms with Gasteiger partial charge < -0.3 is 14.8 Å². The van der Waals surface area contributed by atoms with E-state index in [1.165, 1.54) is 32.4 Å². The third-order valence-corrected chi connectivity index (χ3v) is 3.98. The van der Waals surface area contributed by atoms with Crippen LogP contribution in [0.2, 0.25) is 0 Å². The largest absolute Gasteiger partial charge is 0.493 e. The van der Waals surface area contributed by atoms with Gasteiger partial charge in [-0.3, -0.25) is 14.9 Å². The van der Waals surface area contributed by atoms with Crippen LogP contribution in [-0.2, 0) is 11.2 Å². The van der Waals surface area contributed by atoms with Gasteiger partial charge in [-0.05, 0) is 23.8 Å². The van der Waals surface area contributed by atoms with Crippen molar-refractivity contribution in [2.24, 2.45) is 0 Å². The van der Waals surface area contributed by atoms with Crippen LogP contribution in [0.5, 0.6) is 11.5 Å². The molecule has 0 saturated carbocycles. The molecule has 24 heavy (non-hydrogen) atoms. The van der Waals surface area contributed by atoms with Gasteiger partial charge in [0.1, 0.15) is 0 Å². The molecule has 2 aromatic carbocycles. The number of rotatable bonds is 6. The van der Waals surface area contributed by atoms with E-state index >= 15 is 0 Å². The number of benzene rings is 2. The van der Waals surface area contributed by atoms with Crippen molar-refractivity contribution in [2.75, 3.05) is 19.5 Å². The fraction of sp³-hybridized carbons (Fsp3) is 0.188. The number of ether oxygens (including phenoxy) is 2. The van der Waals surface area contributed by atoms with Gasteiger partial charge in [0.2, 0.25) is 5.91 Å². The van der Waals surface area contributed by atoms with Gasteiger partial charge in [-0.2, -0.15) is 0 Å². The summed E-state index contributed by atoms with van der Waals surface area (Å²) in [5.41, 5.74) is 0.987. The van der Waals surface area contributed by atoms with Gasteiger partial charge in [-0.1, -0.05) is 22.0 Å². The van der Waals surface area contributed by atoms with Crippen molar-refractivity contribution in [3.8, 4) is 11.5 Å². The molecule has 2 rings (SSSR count). The zero-order chi connectivity index (χ0) is 17.7. The second-order valence-corrected chi connectivity index (χ2v) is 5.69. The first kappa shape index (κ1) is 17.7. The highest BCUT2D eigenvalue weighted by atomic mass is 79.9. The highest BCUT2D eigenvalue weighted by Gasteiger charge is 2.14. The topological polar surface area (TPSA) is 90.7 Å². The maximum atomic E-state index is 12.2. The Morgan fingerprint density at radius 1 is 1.21 bits per heavy atom. The Kier molecular flexibility index (Phi) is 5.75. The maximum Gasteiger partial charge on any atom is 0.271 e. The van der Waals surface area contributed by atoms with E-state index in [4.69, 9.17) is 9.47 Å². The molecular formula is C16H15BrN2O5. The van der Waals surface area contributed by atoms with Gasteiger partial charge in [0.25, 0.3) is 5.69 Å². The molecule has 0 aromatic heterocycles. The molecule has 0 atom stereocenters. The minimum Gasteiger partial charge on any atom is -0.493 e. The number of carbonyl (C=O) groups is 1. The summed E-state index contributed by atoms with van der Waals surface area (Å²) < 4.78 is 11.1. The summed E-state index contributed by atoms with van der Waals surface area (Å²) in [5, 5.41) is 13.4. The summed E-state index contributed by atoms with van der Waals surface area (Å²) in [6.45, 7) is 0. The minimum atomic E-state index is -0.513. The van der Waals surface area contributed by atoms with Crippen molar-refractivity contribution in [3.05, 3.63) is 56.5 Å². The highest BCUT2D eigenvalue weighted by Crippen LogP contribution is 2.33. The van der Waals surface area contributed by atoms with E-state index in [9.17, 15) is 14.9 Å². The molecule has 2 aromatic rings. The quantitative estimate of drug-likeness (QED) is 0.597. The summed E-state index contributed by atoms with van der Waals surface area (Å²) in [5.74, 6) is 0.759. The van der Waals surface area contributed by atoms with Gasteiger partial charge in [0.15, 0.2) is 11.5 Å². The number of halogens is 1. The van der Waals surface area contributed by atoms with E-state index in [0.717, 1.165) is 0 Å². The summed E-state index contributed by atoms with van der Waals surface area (Å²) >= 11 is 3.39. The molecule has 1 N–H and O–H groups in total. The molecule has 8 heteroatoms. The first-order chi connectivity index (χ1) is 11.4. The Morgan fingerprint density at radius 2 is 1.88 bits per heavy atom. The molecule has 0 saturated heterocycles. The molecule has 0 radical (unpaired) electrons. The Bertz CT molecular complexity index is 779. The number of nitro groups is 1. The molecule has 0 heterocycles. The predicted octanol–water partition coefficient (Wildman–Crippen LogP) is 3.56. The van der Waals surface area contributed by atoms with E-state index < -0.39 is 4.92 Å². The monoisotopic (exact) mass is 394 g/mol. The van der Waals surface area contributed by atoms with Crippen molar-refractivity contribution >= 4 is 33.2 Å². The van der Waals surface area contributed by atoms with E-state index in [1.54, 1.807) is 18.2 Å². The Labute approximate surface area is 146 Å². The molecule has 0 aliphatic rings. The standard InChI is InChI=1S/C16H15BrN2O5/c1-23-14-6-10(13(17)9-15(14)24-2)7-16(20)18-11-4-3-5-12(8-11)19(21)22/h3-6,8-9H,7H2,1-2H3,(H,18,20). The predicted molar refractivity (Wildman–Crippen MR) is 92.7 cm³/mol. The lowest BCUT2D eigenvalue weighted by Gasteiger charge is -2.12. The van der Waals surface area contributed by atoms with Crippen molar-refractivity contribution in [3.63, 3.8) is 0 Å². The van der Waals surface area contributed by atoms with E-state index in [1.807, 2.05) is 0 Å². The fourth-order valence-corrected chi connectivity index (χ4v) is 2.57. The van der Waals surface area contributed by atoms with Gasteiger partial charge in [0.05, 0.1) is 25.6 Å². The number of methoxy groups -OCH3 is 2. The molecule has 0 aliphatic carbocycles. The van der Waals surface area contributed by atoms with Gasteiger partial charge in [-0.15, -0.1) is 0 Å². The first-order valence-corrected chi connectivity index (χ1v) is 7.68. The van der Waals surface area contributed by atoms with Crippen molar-refractivity contribution in [1.29, 1.82) is 0 Å². The number of nitrogens with zero attached hydrogens (tertiary/aromatic N) is 1. The Hall–Kier alpha value is -2.61. The lowest BCUT2D eigenvalue weighted by Crippen LogP contribution is -2.15. The highest BCUT2D eigenvalue weighted by molar-refractivity contribution is 9.10. The van der Waals surface area contributed by atoms with Crippen LogP contribution >= 0.6 is 15.9 Å². The van der Waals surface area contributed by atoms with E-state index in [2.05, 4.69) is 21.2 Å². The lowest BCUT2D eigenvalue weighted by molar-refractivity contribution is -0.384. The second kappa shape index (κ2) is 7.78. The molecule has 0 fully saturated rings. The number of anilines is 1. The van der Waals surface area contributed by atoms with Crippen molar-refractivity contribution in [1.82, 2.24) is 0 Å². The number of amides is 1. The van der Waals surface area contributed by atoms with E-state index in [-0.39, 0.29) is 18.0 Å². The summed E-state index contributed by atoms with van der Waals surface area (Å²) in [4.78, 5) is 22.4. The zero-order valence-electron chi connectivity index (χ0n) is 13.0. The van der Waals surface area contributed by atoms with Crippen molar-refractivity contribution in [2.45, 2.75) is 6.42 Å². The summed E-state index contributed by atoms with van der Waals surface area (Å²) in [6, 6.07) is 9.20. The SMILES string of the molecule is COc1cc(Br)c(CC(=O)Nc2cccc([N+](=O)[O-])c2)cc1OC. The van der Waals surface area contributed by atoms with E-state index in [0.29, 0.717) is 27.2 Å². The zero-order valence-corrected chi connectivity index (χ0v) is 14.6. The number of nitro benzene ring substituents is 1. The number of nitrogens with one attached hydrogen (secondary N) is 1. The molecule has 0 bridgehead atoms. The number of non-ortho nitro benzene ring substituents is 1. The van der Waals surface area contributed by atoms with Crippen LogP contribution in [0.25, 0.3) is 0 Å². The lowest BCUT2D eigenvalue weighted by atomic mass is 10.1. The van der Waals surface area contributed by atoms with Crippen LogP contribution in [0.1, 0.15) is 5.56 Å². The molecule has 1 amide bonds. The molecule has 126 valence electrons. The fourth-order valence-electron chi connectivity index (χ4n) is 2.11. The third kappa shape index (κ3) is 4.23. The average Bonchev–Trinajstić information content (AvgIpc) is 2.56.